The average molecular weight is 296 g/mol. The molecule has 2 fully saturated rings. The zero-order chi connectivity index (χ0) is 15.8. The third kappa shape index (κ3) is 3.89. The van der Waals surface area contributed by atoms with Crippen molar-refractivity contribution < 1.29 is 14.3 Å². The highest BCUT2D eigenvalue weighted by atomic mass is 16.6. The molecule has 0 N–H and O–H groups in total. The van der Waals surface area contributed by atoms with Gasteiger partial charge in [-0.15, -0.1) is 0 Å². The molecule has 5 nitrogen and oxygen atoms in total. The molecule has 120 valence electrons. The molecule has 0 bridgehead atoms. The number of nitrogens with zero attached hydrogens (tertiary/aromatic N) is 2. The molecular formula is C16H28N2O3. The lowest BCUT2D eigenvalue weighted by Crippen LogP contribution is -2.49. The zero-order valence-electron chi connectivity index (χ0n) is 13.9. The fourth-order valence-corrected chi connectivity index (χ4v) is 2.76. The van der Waals surface area contributed by atoms with Gasteiger partial charge in [0.2, 0.25) is 5.91 Å². The Bertz CT molecular complexity index is 416. The molecule has 0 unspecified atom stereocenters. The molecule has 0 aromatic carbocycles. The summed E-state index contributed by atoms with van der Waals surface area (Å²) < 4.78 is 5.39. The summed E-state index contributed by atoms with van der Waals surface area (Å²) in [4.78, 5) is 28.0. The number of carbonyl (C=O) groups is 2. The highest BCUT2D eigenvalue weighted by Gasteiger charge is 2.47. The van der Waals surface area contributed by atoms with Gasteiger partial charge in [-0.1, -0.05) is 6.92 Å². The maximum Gasteiger partial charge on any atom is 0.410 e. The topological polar surface area (TPSA) is 49.9 Å². The van der Waals surface area contributed by atoms with Crippen molar-refractivity contribution in [1.29, 1.82) is 0 Å². The van der Waals surface area contributed by atoms with E-state index in [1.165, 1.54) is 0 Å². The Kier molecular flexibility index (Phi) is 4.22. The largest absolute Gasteiger partial charge is 0.444 e. The van der Waals surface area contributed by atoms with Crippen LogP contribution < -0.4 is 0 Å². The van der Waals surface area contributed by atoms with Crippen LogP contribution in [0.1, 0.15) is 53.4 Å². The Morgan fingerprint density at radius 2 is 1.71 bits per heavy atom. The van der Waals surface area contributed by atoms with Gasteiger partial charge in [0.1, 0.15) is 5.60 Å². The van der Waals surface area contributed by atoms with E-state index >= 15 is 0 Å². The lowest BCUT2D eigenvalue weighted by Gasteiger charge is -2.38. The third-order valence-electron chi connectivity index (χ3n) is 4.50. The van der Waals surface area contributed by atoms with E-state index in [1.54, 1.807) is 4.90 Å². The molecule has 0 aromatic rings. The molecule has 0 radical (unpaired) electrons. The van der Waals surface area contributed by atoms with E-state index in [-0.39, 0.29) is 23.5 Å². The summed E-state index contributed by atoms with van der Waals surface area (Å²) in [6.45, 7) is 8.99. The van der Waals surface area contributed by atoms with Crippen LogP contribution in [-0.2, 0) is 9.53 Å². The lowest BCUT2D eigenvalue weighted by molar-refractivity contribution is -0.138. The van der Waals surface area contributed by atoms with E-state index < -0.39 is 5.60 Å². The van der Waals surface area contributed by atoms with Crippen molar-refractivity contribution in [2.75, 3.05) is 20.1 Å². The summed E-state index contributed by atoms with van der Waals surface area (Å²) in [5.41, 5.74) is -0.571. The van der Waals surface area contributed by atoms with Crippen LogP contribution in [0.2, 0.25) is 0 Å². The van der Waals surface area contributed by atoms with Gasteiger partial charge in [0.15, 0.2) is 0 Å². The summed E-state index contributed by atoms with van der Waals surface area (Å²) >= 11 is 0. The van der Waals surface area contributed by atoms with E-state index in [9.17, 15) is 9.59 Å². The Morgan fingerprint density at radius 1 is 1.19 bits per heavy atom. The first-order valence-corrected chi connectivity index (χ1v) is 7.88. The van der Waals surface area contributed by atoms with Crippen LogP contribution in [-0.4, -0.2) is 53.6 Å². The van der Waals surface area contributed by atoms with Crippen LogP contribution in [0.25, 0.3) is 0 Å². The molecule has 1 saturated heterocycles. The van der Waals surface area contributed by atoms with Gasteiger partial charge in [-0.2, -0.15) is 0 Å². The molecule has 2 aliphatic rings. The van der Waals surface area contributed by atoms with Gasteiger partial charge in [-0.05, 0) is 46.5 Å². The summed E-state index contributed by atoms with van der Waals surface area (Å²) in [7, 11) is 1.90. The minimum Gasteiger partial charge on any atom is -0.444 e. The SMILES string of the molecule is CN(C(=O)C1(C)CC1)C1CCN(C(=O)OC(C)(C)C)CC1. The molecule has 0 atom stereocenters. The molecule has 1 saturated carbocycles. The third-order valence-corrected chi connectivity index (χ3v) is 4.50. The van der Waals surface area contributed by atoms with Gasteiger partial charge in [0.25, 0.3) is 0 Å². The monoisotopic (exact) mass is 296 g/mol. The lowest BCUT2D eigenvalue weighted by atomic mass is 10.0. The normalized spacial score (nSPS) is 21.9. The Balaban J connectivity index is 1.83. The maximum atomic E-state index is 12.4. The van der Waals surface area contributed by atoms with Crippen LogP contribution in [0.5, 0.6) is 0 Å². The fourth-order valence-electron chi connectivity index (χ4n) is 2.76. The van der Waals surface area contributed by atoms with Crippen molar-refractivity contribution in [2.45, 2.75) is 65.0 Å². The van der Waals surface area contributed by atoms with Gasteiger partial charge in [-0.3, -0.25) is 4.79 Å². The van der Waals surface area contributed by atoms with E-state index in [1.807, 2.05) is 39.6 Å². The maximum absolute atomic E-state index is 12.4. The smallest absolute Gasteiger partial charge is 0.410 e. The fraction of sp³-hybridized carbons (Fsp3) is 0.875. The Morgan fingerprint density at radius 3 is 2.14 bits per heavy atom. The van der Waals surface area contributed by atoms with Crippen LogP contribution in [0, 0.1) is 5.41 Å². The Hall–Kier alpha value is -1.26. The highest BCUT2D eigenvalue weighted by molar-refractivity contribution is 5.85. The second-order valence-corrected chi connectivity index (χ2v) is 7.68. The van der Waals surface area contributed by atoms with E-state index in [2.05, 4.69) is 0 Å². The minimum absolute atomic E-state index is 0.114. The van der Waals surface area contributed by atoms with E-state index in [0.29, 0.717) is 13.1 Å². The molecule has 0 spiro atoms. The van der Waals surface area contributed by atoms with Crippen molar-refractivity contribution in [3.05, 3.63) is 0 Å². The number of rotatable bonds is 2. The first kappa shape index (κ1) is 16.1. The van der Waals surface area contributed by atoms with Crippen molar-refractivity contribution in [3.8, 4) is 0 Å². The molecule has 21 heavy (non-hydrogen) atoms. The number of carbonyl (C=O) groups excluding carboxylic acids is 2. The first-order valence-electron chi connectivity index (χ1n) is 7.88. The average Bonchev–Trinajstić information content (AvgIpc) is 3.14. The Labute approximate surface area is 127 Å². The van der Waals surface area contributed by atoms with Crippen LogP contribution >= 0.6 is 0 Å². The second-order valence-electron chi connectivity index (χ2n) is 7.68. The van der Waals surface area contributed by atoms with E-state index in [4.69, 9.17) is 4.74 Å². The van der Waals surface area contributed by atoms with Gasteiger partial charge in [0.05, 0.1) is 0 Å². The number of piperidine rings is 1. The first-order chi connectivity index (χ1) is 9.62. The van der Waals surface area contributed by atoms with Gasteiger partial charge >= 0.3 is 6.09 Å². The van der Waals surface area contributed by atoms with Gasteiger partial charge in [-0.25, -0.2) is 4.79 Å². The van der Waals surface area contributed by atoms with Crippen molar-refractivity contribution in [1.82, 2.24) is 9.80 Å². The number of amides is 2. The molecule has 2 rings (SSSR count). The molecule has 1 aliphatic carbocycles. The number of hydrogen-bond donors (Lipinski definition) is 0. The van der Waals surface area contributed by atoms with Crippen LogP contribution in [0.3, 0.4) is 0 Å². The summed E-state index contributed by atoms with van der Waals surface area (Å²) in [6, 6.07) is 0.244. The number of hydrogen-bond acceptors (Lipinski definition) is 3. The summed E-state index contributed by atoms with van der Waals surface area (Å²) in [5.74, 6) is 0.262. The van der Waals surface area contributed by atoms with Crippen LogP contribution in [0.15, 0.2) is 0 Å². The molecule has 5 heteroatoms. The summed E-state index contributed by atoms with van der Waals surface area (Å²) in [6.07, 6.45) is 3.43. The molecular weight excluding hydrogens is 268 g/mol. The quantitative estimate of drug-likeness (QED) is 0.787. The number of ether oxygens (including phenoxy) is 1. The van der Waals surface area contributed by atoms with Crippen molar-refractivity contribution in [3.63, 3.8) is 0 Å². The van der Waals surface area contributed by atoms with Crippen molar-refractivity contribution >= 4 is 12.0 Å². The van der Waals surface area contributed by atoms with Crippen LogP contribution in [0.4, 0.5) is 4.79 Å². The predicted molar refractivity (Wildman–Crippen MR) is 80.9 cm³/mol. The van der Waals surface area contributed by atoms with Gasteiger partial charge in [0, 0.05) is 31.6 Å². The van der Waals surface area contributed by atoms with E-state index in [0.717, 1.165) is 25.7 Å². The molecule has 2 amide bonds. The molecule has 0 aromatic heterocycles. The second kappa shape index (κ2) is 5.50. The highest BCUT2D eigenvalue weighted by Crippen LogP contribution is 2.46. The molecule has 1 aliphatic heterocycles. The predicted octanol–water partition coefficient (Wildman–Crippen LogP) is 2.64. The van der Waals surface area contributed by atoms with Crippen molar-refractivity contribution in [2.24, 2.45) is 5.41 Å². The zero-order valence-corrected chi connectivity index (χ0v) is 13.9. The molecule has 1 heterocycles. The van der Waals surface area contributed by atoms with Gasteiger partial charge < -0.3 is 14.5 Å². The minimum atomic E-state index is -0.457. The summed E-state index contributed by atoms with van der Waals surface area (Å²) in [5, 5.41) is 0. The number of likely N-dealkylation sites (tertiary alicyclic amines) is 1. The standard InChI is InChI=1S/C16H28N2O3/c1-15(2,3)21-14(20)18-10-6-12(7-11-18)17(5)13(19)16(4)8-9-16/h12H,6-11H2,1-5H3.